The number of aromatic carboxylic acids is 1. The van der Waals surface area contributed by atoms with Crippen molar-refractivity contribution in [2.24, 2.45) is 5.73 Å². The van der Waals surface area contributed by atoms with Crippen LogP contribution in [0.1, 0.15) is 46.9 Å². The van der Waals surface area contributed by atoms with E-state index in [1.165, 1.54) is 0 Å². The van der Waals surface area contributed by atoms with E-state index in [2.05, 4.69) is 6.92 Å². The Kier molecular flexibility index (Phi) is 7.03. The Labute approximate surface area is 181 Å². The third-order valence-corrected chi connectivity index (χ3v) is 5.26. The van der Waals surface area contributed by atoms with Crippen molar-refractivity contribution in [3.05, 3.63) is 93.4 Å². The lowest BCUT2D eigenvalue weighted by molar-refractivity contribution is -0.117. The number of aryl methyl sites for hydroxylation is 1. The van der Waals surface area contributed by atoms with Crippen molar-refractivity contribution in [2.45, 2.75) is 39.2 Å². The van der Waals surface area contributed by atoms with Crippen LogP contribution >= 0.6 is 0 Å². The molecule has 0 unspecified atom stereocenters. The summed E-state index contributed by atoms with van der Waals surface area (Å²) in [7, 11) is 0. The van der Waals surface area contributed by atoms with Crippen molar-refractivity contribution in [2.75, 3.05) is 0 Å². The average Bonchev–Trinajstić information content (AvgIpc) is 2.76. The molecule has 1 aromatic heterocycles. The molecule has 31 heavy (non-hydrogen) atoms. The highest BCUT2D eigenvalue weighted by Gasteiger charge is 2.13. The van der Waals surface area contributed by atoms with Gasteiger partial charge in [0.25, 0.3) is 5.56 Å². The van der Waals surface area contributed by atoms with Crippen LogP contribution in [-0.4, -0.2) is 21.6 Å². The topological polar surface area (TPSA) is 102 Å². The molecule has 0 fully saturated rings. The molecule has 3 N–H and O–H groups in total. The van der Waals surface area contributed by atoms with Gasteiger partial charge in [-0.25, -0.2) is 4.79 Å². The zero-order chi connectivity index (χ0) is 22.4. The Morgan fingerprint density at radius 1 is 1.00 bits per heavy atom. The molecule has 1 heterocycles. The van der Waals surface area contributed by atoms with E-state index in [1.54, 1.807) is 34.9 Å². The van der Waals surface area contributed by atoms with Gasteiger partial charge in [-0.2, -0.15) is 0 Å². The molecule has 0 saturated carbocycles. The maximum absolute atomic E-state index is 13.0. The number of carbonyl (C=O) groups is 2. The van der Waals surface area contributed by atoms with Gasteiger partial charge in [0.1, 0.15) is 0 Å². The summed E-state index contributed by atoms with van der Waals surface area (Å²) in [5, 5.41) is 9.43. The summed E-state index contributed by atoms with van der Waals surface area (Å²) in [6, 6.07) is 18.0. The maximum atomic E-state index is 13.0. The first-order valence-electron chi connectivity index (χ1n) is 10.3. The van der Waals surface area contributed by atoms with E-state index in [0.717, 1.165) is 36.1 Å². The van der Waals surface area contributed by atoms with Crippen LogP contribution in [0.3, 0.4) is 0 Å². The van der Waals surface area contributed by atoms with Crippen LogP contribution in [-0.2, 0) is 24.2 Å². The van der Waals surface area contributed by atoms with Gasteiger partial charge in [0.05, 0.1) is 18.5 Å². The number of unbranched alkanes of at least 4 members (excludes halogenated alkanes) is 1. The summed E-state index contributed by atoms with van der Waals surface area (Å²) in [5.41, 5.74) is 8.99. The first-order chi connectivity index (χ1) is 14.9. The van der Waals surface area contributed by atoms with Crippen molar-refractivity contribution in [1.82, 2.24) is 4.57 Å². The molecule has 0 aliphatic heterocycles. The molecule has 0 aliphatic rings. The number of carbonyl (C=O) groups excluding carboxylic acids is 1. The van der Waals surface area contributed by atoms with Crippen LogP contribution in [0.2, 0.25) is 0 Å². The van der Waals surface area contributed by atoms with Crippen molar-refractivity contribution < 1.29 is 14.7 Å². The third-order valence-electron chi connectivity index (χ3n) is 5.26. The second kappa shape index (κ2) is 9.89. The molecule has 1 amide bonds. The number of carboxylic acids is 1. The molecule has 0 radical (unpaired) electrons. The third kappa shape index (κ3) is 5.28. The lowest BCUT2D eigenvalue weighted by atomic mass is 9.98. The quantitative estimate of drug-likeness (QED) is 0.554. The fourth-order valence-corrected chi connectivity index (χ4v) is 3.63. The van der Waals surface area contributed by atoms with E-state index in [1.807, 2.05) is 30.3 Å². The van der Waals surface area contributed by atoms with Gasteiger partial charge in [0, 0.05) is 11.3 Å². The second-order valence-corrected chi connectivity index (χ2v) is 7.54. The number of primary amides is 1. The van der Waals surface area contributed by atoms with Crippen LogP contribution in [0.5, 0.6) is 0 Å². The number of benzene rings is 2. The first-order valence-corrected chi connectivity index (χ1v) is 10.3. The summed E-state index contributed by atoms with van der Waals surface area (Å²) >= 11 is 0. The standard InChI is InChI=1S/C25H26N2O4/c1-2-3-6-20-14-13-19(15-23(26)28)24(29)27(20)16-17-9-11-18(12-10-17)21-7-4-5-8-22(21)25(30)31/h4-5,7-14H,2-3,6,15-16H2,1H3,(H2,26,28)(H,30,31). The summed E-state index contributed by atoms with van der Waals surface area (Å²) in [6.45, 7) is 2.46. The molecule has 2 aromatic carbocycles. The Morgan fingerprint density at radius 3 is 2.35 bits per heavy atom. The predicted molar refractivity (Wildman–Crippen MR) is 120 cm³/mol. The number of hydrogen-bond donors (Lipinski definition) is 2. The normalized spacial score (nSPS) is 10.7. The summed E-state index contributed by atoms with van der Waals surface area (Å²) in [5.74, 6) is -1.51. The molecule has 0 atom stereocenters. The molecular formula is C25H26N2O4. The van der Waals surface area contributed by atoms with Crippen molar-refractivity contribution >= 4 is 11.9 Å². The Bertz CT molecular complexity index is 1150. The Balaban J connectivity index is 1.94. The van der Waals surface area contributed by atoms with Gasteiger partial charge in [-0.05, 0) is 41.7 Å². The smallest absolute Gasteiger partial charge is 0.336 e. The second-order valence-electron chi connectivity index (χ2n) is 7.54. The molecule has 160 valence electrons. The number of amides is 1. The highest BCUT2D eigenvalue weighted by atomic mass is 16.4. The summed E-state index contributed by atoms with van der Waals surface area (Å²) in [6.07, 6.45) is 2.65. The number of carboxylic acid groups (broad SMARTS) is 1. The number of aromatic nitrogens is 1. The molecule has 3 aromatic rings. The van der Waals surface area contributed by atoms with E-state index >= 15 is 0 Å². The number of pyridine rings is 1. The molecule has 0 saturated heterocycles. The van der Waals surface area contributed by atoms with Gasteiger partial charge >= 0.3 is 5.97 Å². The fourth-order valence-electron chi connectivity index (χ4n) is 3.63. The fraction of sp³-hybridized carbons (Fsp3) is 0.240. The van der Waals surface area contributed by atoms with Crippen LogP contribution in [0.25, 0.3) is 11.1 Å². The van der Waals surface area contributed by atoms with Gasteiger partial charge in [0.2, 0.25) is 5.91 Å². The van der Waals surface area contributed by atoms with Gasteiger partial charge in [-0.15, -0.1) is 0 Å². The van der Waals surface area contributed by atoms with Crippen molar-refractivity contribution in [3.8, 4) is 11.1 Å². The number of nitrogens with two attached hydrogens (primary N) is 1. The van der Waals surface area contributed by atoms with Crippen LogP contribution in [0.15, 0.2) is 65.5 Å². The van der Waals surface area contributed by atoms with Crippen molar-refractivity contribution in [3.63, 3.8) is 0 Å². The van der Waals surface area contributed by atoms with E-state index in [0.29, 0.717) is 17.7 Å². The lowest BCUT2D eigenvalue weighted by Crippen LogP contribution is -2.29. The van der Waals surface area contributed by atoms with E-state index in [-0.39, 0.29) is 17.5 Å². The van der Waals surface area contributed by atoms with Gasteiger partial charge in [-0.3, -0.25) is 9.59 Å². The first kappa shape index (κ1) is 22.0. The Morgan fingerprint density at radius 2 is 1.71 bits per heavy atom. The highest BCUT2D eigenvalue weighted by Crippen LogP contribution is 2.24. The molecule has 0 spiro atoms. The van der Waals surface area contributed by atoms with Crippen LogP contribution in [0.4, 0.5) is 0 Å². The van der Waals surface area contributed by atoms with E-state index < -0.39 is 11.9 Å². The molecule has 0 bridgehead atoms. The van der Waals surface area contributed by atoms with Crippen LogP contribution < -0.4 is 11.3 Å². The van der Waals surface area contributed by atoms with Gasteiger partial charge in [-0.1, -0.05) is 61.9 Å². The van der Waals surface area contributed by atoms with E-state index in [9.17, 15) is 19.5 Å². The number of nitrogens with zero attached hydrogens (tertiary/aromatic N) is 1. The molecule has 6 nitrogen and oxygen atoms in total. The molecule has 6 heteroatoms. The lowest BCUT2D eigenvalue weighted by Gasteiger charge is -2.15. The van der Waals surface area contributed by atoms with Gasteiger partial charge in [0.15, 0.2) is 0 Å². The van der Waals surface area contributed by atoms with E-state index in [4.69, 9.17) is 5.73 Å². The Hall–Kier alpha value is -3.67. The SMILES string of the molecule is CCCCc1ccc(CC(N)=O)c(=O)n1Cc1ccc(-c2ccccc2C(=O)O)cc1. The minimum absolute atomic E-state index is 0.0855. The zero-order valence-electron chi connectivity index (χ0n) is 17.5. The zero-order valence-corrected chi connectivity index (χ0v) is 17.5. The molecular weight excluding hydrogens is 392 g/mol. The monoisotopic (exact) mass is 418 g/mol. The number of hydrogen-bond acceptors (Lipinski definition) is 3. The predicted octanol–water partition coefficient (Wildman–Crippen LogP) is 3.63. The maximum Gasteiger partial charge on any atom is 0.336 e. The molecule has 0 aliphatic carbocycles. The summed E-state index contributed by atoms with van der Waals surface area (Å²) < 4.78 is 1.70. The minimum atomic E-state index is -0.974. The van der Waals surface area contributed by atoms with Crippen LogP contribution in [0, 0.1) is 0 Å². The van der Waals surface area contributed by atoms with Gasteiger partial charge < -0.3 is 15.4 Å². The highest BCUT2D eigenvalue weighted by molar-refractivity contribution is 5.96. The molecule has 3 rings (SSSR count). The minimum Gasteiger partial charge on any atom is -0.478 e. The largest absolute Gasteiger partial charge is 0.478 e. The van der Waals surface area contributed by atoms with Crippen molar-refractivity contribution in [1.29, 1.82) is 0 Å². The summed E-state index contributed by atoms with van der Waals surface area (Å²) in [4.78, 5) is 35.8. The number of rotatable bonds is 9. The average molecular weight is 418 g/mol.